The molecule has 0 amide bonds. The van der Waals surface area contributed by atoms with Crippen LogP contribution in [0, 0.1) is 23.3 Å². The fourth-order valence-corrected chi connectivity index (χ4v) is 2.74. The summed E-state index contributed by atoms with van der Waals surface area (Å²) in [6, 6.07) is 10.3. The molecule has 1 aromatic heterocycles. The van der Waals surface area contributed by atoms with E-state index >= 15 is 0 Å². The Kier molecular flexibility index (Phi) is 9.15. The van der Waals surface area contributed by atoms with Crippen molar-refractivity contribution in [3.05, 3.63) is 81.6 Å². The van der Waals surface area contributed by atoms with Gasteiger partial charge in [0.05, 0.1) is 0 Å². The molecule has 28 heavy (non-hydrogen) atoms. The summed E-state index contributed by atoms with van der Waals surface area (Å²) in [6.07, 6.45) is 2.63. The summed E-state index contributed by atoms with van der Waals surface area (Å²) in [5, 5.41) is 0. The minimum atomic E-state index is -0.760. The molecule has 0 aliphatic carbocycles. The minimum absolute atomic E-state index is 0.194. The second-order valence-electron chi connectivity index (χ2n) is 4.95. The first-order valence-electron chi connectivity index (χ1n) is 7.37. The Morgan fingerprint density at radius 2 is 1.00 bits per heavy atom. The first-order chi connectivity index (χ1) is 13.5. The molecule has 0 radical (unpaired) electrons. The second kappa shape index (κ2) is 11.3. The first-order valence-corrected chi connectivity index (χ1v) is 11.2. The van der Waals surface area contributed by atoms with E-state index in [1.165, 1.54) is 35.9 Å². The molecule has 0 saturated heterocycles. The van der Waals surface area contributed by atoms with Crippen LogP contribution in [0.2, 0.25) is 0 Å². The van der Waals surface area contributed by atoms with Crippen LogP contribution in [0.3, 0.4) is 0 Å². The van der Waals surface area contributed by atoms with Gasteiger partial charge < -0.3 is 0 Å². The van der Waals surface area contributed by atoms with E-state index in [9.17, 15) is 17.6 Å². The van der Waals surface area contributed by atoms with Crippen LogP contribution in [-0.2, 0) is 13.1 Å². The third-order valence-electron chi connectivity index (χ3n) is 3.16. The quantitative estimate of drug-likeness (QED) is 0.211. The third-order valence-corrected chi connectivity index (χ3v) is 4.12. The predicted molar refractivity (Wildman–Crippen MR) is 103 cm³/mol. The zero-order chi connectivity index (χ0) is 20.5. The zero-order valence-corrected chi connectivity index (χ0v) is 17.1. The number of hydrogen-bond acceptors (Lipinski definition) is 3. The van der Waals surface area contributed by atoms with Gasteiger partial charge in [0, 0.05) is 22.2 Å². The van der Waals surface area contributed by atoms with Crippen LogP contribution in [0.25, 0.3) is 0 Å². The van der Waals surface area contributed by atoms with Crippen molar-refractivity contribution in [2.75, 3.05) is 0 Å². The summed E-state index contributed by atoms with van der Waals surface area (Å²) in [6.45, 7) is 0. The topological polar surface area (TPSA) is 24.7 Å². The van der Waals surface area contributed by atoms with Crippen LogP contribution in [0.4, 0.5) is 28.9 Å². The Bertz CT molecular complexity index is 879. The molecule has 0 N–H and O–H groups in total. The van der Waals surface area contributed by atoms with Crippen LogP contribution >= 0.6 is 31.5 Å². The van der Waals surface area contributed by atoms with Gasteiger partial charge in [0.1, 0.15) is 11.4 Å². The van der Waals surface area contributed by atoms with Crippen molar-refractivity contribution < 1.29 is 30.7 Å². The Labute approximate surface area is 177 Å². The number of rotatable bonds is 4. The Morgan fingerprint density at radius 3 is 1.32 bits per heavy atom. The van der Waals surface area contributed by atoms with Gasteiger partial charge in [0.2, 0.25) is 0 Å². The van der Waals surface area contributed by atoms with Crippen molar-refractivity contribution >= 4 is 55.3 Å². The monoisotopic (exact) mass is 488 g/mol. The summed E-state index contributed by atoms with van der Waals surface area (Å²) in [7, 11) is 9.53. The maximum absolute atomic E-state index is 13.5. The number of aliphatic imine (C=N–C) groups is 2. The number of nitrogens with zero attached hydrogens (tertiary/aromatic N) is 2. The summed E-state index contributed by atoms with van der Waals surface area (Å²) in [5.41, 5.74) is -0.751. The van der Waals surface area contributed by atoms with E-state index in [4.69, 9.17) is 20.2 Å². The average molecular weight is 489 g/mol. The first kappa shape index (κ1) is 22.6. The molecule has 2 nitrogen and oxygen atoms in total. The molecule has 0 saturated carbocycles. The normalized spacial score (nSPS) is 11.2. The number of para-hydroxylation sites is 2. The Morgan fingerprint density at radius 1 is 0.679 bits per heavy atom. The molecule has 3 aromatic rings. The fraction of sp³-hybridized carbons (Fsp3) is 0. The molecule has 0 aliphatic heterocycles. The van der Waals surface area contributed by atoms with Crippen LogP contribution in [-0.4, -0.2) is 12.4 Å². The van der Waals surface area contributed by atoms with Crippen molar-refractivity contribution in [3.8, 4) is 0 Å². The molecule has 0 bridgehead atoms. The van der Waals surface area contributed by atoms with Crippen LogP contribution in [0.5, 0.6) is 0 Å². The van der Waals surface area contributed by atoms with Gasteiger partial charge in [0.25, 0.3) is 0 Å². The fourth-order valence-electron chi connectivity index (χ4n) is 1.99. The van der Waals surface area contributed by atoms with E-state index in [2.05, 4.69) is 9.98 Å². The van der Waals surface area contributed by atoms with Gasteiger partial charge in [-0.25, -0.2) is 27.5 Å². The maximum atomic E-state index is 13.5. The van der Waals surface area contributed by atoms with Gasteiger partial charge in [-0.3, -0.25) is 0 Å². The molecule has 2 aromatic carbocycles. The summed E-state index contributed by atoms with van der Waals surface area (Å²) in [4.78, 5) is 8.83. The SMILES string of the molecule is Fc1cccc(F)c1N=Cc1ccc(C=Nc2c(F)cccc2F)s1.[Cl][Fe][Cl]. The predicted octanol–water partition coefficient (Wildman–Crippen LogP) is 7.18. The molecule has 0 spiro atoms. The van der Waals surface area contributed by atoms with Crippen molar-refractivity contribution in [2.24, 2.45) is 9.98 Å². The summed E-state index contributed by atoms with van der Waals surface area (Å²) in [5.74, 6) is -3.04. The number of hydrogen-bond donors (Lipinski definition) is 0. The van der Waals surface area contributed by atoms with Crippen molar-refractivity contribution in [1.29, 1.82) is 0 Å². The van der Waals surface area contributed by atoms with E-state index < -0.39 is 23.3 Å². The van der Waals surface area contributed by atoms with E-state index in [0.717, 1.165) is 24.3 Å². The molecule has 0 aliphatic rings. The van der Waals surface area contributed by atoms with Crippen LogP contribution in [0.1, 0.15) is 9.75 Å². The average Bonchev–Trinajstić information content (AvgIpc) is 3.09. The van der Waals surface area contributed by atoms with Gasteiger partial charge >= 0.3 is 33.3 Å². The van der Waals surface area contributed by atoms with Gasteiger partial charge in [-0.2, -0.15) is 0 Å². The second-order valence-corrected chi connectivity index (χ2v) is 7.92. The van der Waals surface area contributed by atoms with Gasteiger partial charge in [-0.1, -0.05) is 12.1 Å². The van der Waals surface area contributed by atoms with Crippen LogP contribution in [0.15, 0.2) is 58.5 Å². The van der Waals surface area contributed by atoms with Crippen molar-refractivity contribution in [3.63, 3.8) is 0 Å². The van der Waals surface area contributed by atoms with Gasteiger partial charge in [0.15, 0.2) is 23.3 Å². The molecule has 3 rings (SSSR count). The van der Waals surface area contributed by atoms with Crippen molar-refractivity contribution in [2.45, 2.75) is 0 Å². The zero-order valence-electron chi connectivity index (χ0n) is 13.7. The molecule has 0 atom stereocenters. The van der Waals surface area contributed by atoms with Crippen molar-refractivity contribution in [1.82, 2.24) is 0 Å². The van der Waals surface area contributed by atoms with Gasteiger partial charge in [-0.05, 0) is 36.4 Å². The summed E-state index contributed by atoms with van der Waals surface area (Å²) < 4.78 is 54.0. The molecule has 148 valence electrons. The summed E-state index contributed by atoms with van der Waals surface area (Å²) >= 11 is 1.40. The van der Waals surface area contributed by atoms with E-state index in [0.29, 0.717) is 9.75 Å². The molecule has 1 heterocycles. The van der Waals surface area contributed by atoms with E-state index in [1.807, 2.05) is 0 Å². The Hall–Kier alpha value is -1.70. The third kappa shape index (κ3) is 6.43. The van der Waals surface area contributed by atoms with Gasteiger partial charge in [-0.15, -0.1) is 11.3 Å². The number of benzene rings is 2. The standard InChI is InChI=1S/C18H10F4N2S.2ClH.Fe/c19-13-3-1-4-14(20)17(13)23-9-11-7-8-12(25-11)10-24-18-15(21)5-2-6-16(18)22;;;/h1-10H;2*1H;/q;;;+2/p-2. The Balaban J connectivity index is 0.000000878. The number of halogens is 6. The molecule has 10 heteroatoms. The molecular weight excluding hydrogens is 479 g/mol. The van der Waals surface area contributed by atoms with E-state index in [-0.39, 0.29) is 24.5 Å². The molecular formula is C18H10Cl2F4FeN2S. The van der Waals surface area contributed by atoms with E-state index in [1.54, 1.807) is 12.1 Å². The molecule has 0 unspecified atom stereocenters. The van der Waals surface area contributed by atoms with Crippen LogP contribution < -0.4 is 0 Å². The molecule has 0 fully saturated rings. The number of thiophene rings is 1.